The number of sulfonamides is 1. The summed E-state index contributed by atoms with van der Waals surface area (Å²) in [6, 6.07) is 0. The van der Waals surface area contributed by atoms with Crippen LogP contribution in [-0.4, -0.2) is 39.3 Å². The molecule has 0 saturated carbocycles. The molecule has 110 valence electrons. The fraction of sp³-hybridized carbons (Fsp3) is 0.500. The maximum Gasteiger partial charge on any atom is 0.246 e. The molecule has 7 nitrogen and oxygen atoms in total. The lowest BCUT2D eigenvalue weighted by Gasteiger charge is -2.15. The van der Waals surface area contributed by atoms with E-state index in [4.69, 9.17) is 0 Å². The largest absolute Gasteiger partial charge is 0.273 e. The third kappa shape index (κ3) is 2.61. The molecule has 0 aliphatic heterocycles. The van der Waals surface area contributed by atoms with Gasteiger partial charge in [0.05, 0.1) is 12.4 Å². The molecular weight excluding hydrogens is 278 g/mol. The van der Waals surface area contributed by atoms with Crippen LogP contribution in [-0.2, 0) is 30.2 Å². The van der Waals surface area contributed by atoms with E-state index in [2.05, 4.69) is 10.2 Å². The number of hydrogen-bond acceptors (Lipinski definition) is 4. The Morgan fingerprint density at radius 3 is 2.50 bits per heavy atom. The molecule has 0 N–H and O–H groups in total. The molecule has 0 saturated heterocycles. The number of nitrogens with zero attached hydrogens (tertiary/aromatic N) is 5. The smallest absolute Gasteiger partial charge is 0.246 e. The molecule has 0 atom stereocenters. The minimum atomic E-state index is -3.52. The van der Waals surface area contributed by atoms with E-state index in [0.717, 1.165) is 11.3 Å². The average Bonchev–Trinajstić information content (AvgIpc) is 3.01. The molecule has 0 bridgehead atoms. The zero-order valence-corrected chi connectivity index (χ0v) is 12.9. The minimum absolute atomic E-state index is 0.211. The van der Waals surface area contributed by atoms with E-state index in [1.54, 1.807) is 28.8 Å². The molecule has 2 aromatic rings. The number of aryl methyl sites for hydroxylation is 2. The van der Waals surface area contributed by atoms with Crippen LogP contribution in [0.25, 0.3) is 0 Å². The van der Waals surface area contributed by atoms with Crippen molar-refractivity contribution in [1.29, 1.82) is 0 Å². The third-order valence-corrected chi connectivity index (χ3v) is 5.13. The molecular formula is C12H19N5O2S. The van der Waals surface area contributed by atoms with E-state index in [1.165, 1.54) is 10.5 Å². The van der Waals surface area contributed by atoms with Crippen molar-refractivity contribution in [3.63, 3.8) is 0 Å². The molecule has 8 heteroatoms. The van der Waals surface area contributed by atoms with Crippen LogP contribution < -0.4 is 0 Å². The average molecular weight is 297 g/mol. The molecule has 0 fully saturated rings. The van der Waals surface area contributed by atoms with Crippen molar-refractivity contribution >= 4 is 10.0 Å². The standard InChI is InChI=1S/C12H19N5O2S/c1-5-17-9-12(7-14-17)20(18,19)15(3)8-11-6-13-16(4)10(11)2/h6-7,9H,5,8H2,1-4H3. The van der Waals surface area contributed by atoms with Gasteiger partial charge in [-0.15, -0.1) is 0 Å². The summed E-state index contributed by atoms with van der Waals surface area (Å²) in [4.78, 5) is 0.211. The van der Waals surface area contributed by atoms with Crippen LogP contribution in [0.5, 0.6) is 0 Å². The first kappa shape index (κ1) is 14.7. The topological polar surface area (TPSA) is 73.0 Å². The summed E-state index contributed by atoms with van der Waals surface area (Å²) >= 11 is 0. The molecule has 0 spiro atoms. The first-order valence-corrected chi connectivity index (χ1v) is 7.76. The maximum atomic E-state index is 12.4. The van der Waals surface area contributed by atoms with Gasteiger partial charge in [0, 0.05) is 44.6 Å². The number of aromatic nitrogens is 4. The molecule has 2 rings (SSSR count). The van der Waals surface area contributed by atoms with Crippen molar-refractivity contribution in [2.75, 3.05) is 7.05 Å². The summed E-state index contributed by atoms with van der Waals surface area (Å²) in [6.45, 7) is 4.75. The molecule has 0 unspecified atom stereocenters. The predicted molar refractivity (Wildman–Crippen MR) is 74.5 cm³/mol. The van der Waals surface area contributed by atoms with Gasteiger partial charge in [0.25, 0.3) is 0 Å². The Labute approximate surface area is 118 Å². The van der Waals surface area contributed by atoms with Crippen molar-refractivity contribution in [3.8, 4) is 0 Å². The van der Waals surface area contributed by atoms with Gasteiger partial charge < -0.3 is 0 Å². The summed E-state index contributed by atoms with van der Waals surface area (Å²) in [6.07, 6.45) is 4.62. The molecule has 0 aromatic carbocycles. The van der Waals surface area contributed by atoms with Crippen molar-refractivity contribution < 1.29 is 8.42 Å². The summed E-state index contributed by atoms with van der Waals surface area (Å²) < 4.78 is 29.5. The first-order valence-electron chi connectivity index (χ1n) is 6.32. The highest BCUT2D eigenvalue weighted by atomic mass is 32.2. The maximum absolute atomic E-state index is 12.4. The second-order valence-electron chi connectivity index (χ2n) is 4.67. The van der Waals surface area contributed by atoms with E-state index in [-0.39, 0.29) is 4.90 Å². The number of rotatable bonds is 5. The van der Waals surface area contributed by atoms with Crippen molar-refractivity contribution in [2.24, 2.45) is 7.05 Å². The van der Waals surface area contributed by atoms with E-state index in [9.17, 15) is 8.42 Å². The van der Waals surface area contributed by atoms with Gasteiger partial charge in [-0.05, 0) is 13.8 Å². The normalized spacial score (nSPS) is 12.2. The van der Waals surface area contributed by atoms with Crippen LogP contribution >= 0.6 is 0 Å². The lowest BCUT2D eigenvalue weighted by Crippen LogP contribution is -2.26. The molecule has 20 heavy (non-hydrogen) atoms. The fourth-order valence-corrected chi connectivity index (χ4v) is 2.96. The Morgan fingerprint density at radius 1 is 1.30 bits per heavy atom. The Bertz CT molecular complexity index is 701. The second kappa shape index (κ2) is 5.37. The van der Waals surface area contributed by atoms with Crippen molar-refractivity contribution in [1.82, 2.24) is 23.9 Å². The van der Waals surface area contributed by atoms with Gasteiger partial charge in [0.1, 0.15) is 4.90 Å². The van der Waals surface area contributed by atoms with Crippen LogP contribution in [0, 0.1) is 6.92 Å². The van der Waals surface area contributed by atoms with E-state index < -0.39 is 10.0 Å². The van der Waals surface area contributed by atoms with Crippen LogP contribution in [0.4, 0.5) is 0 Å². The SMILES string of the molecule is CCn1cc(S(=O)(=O)N(C)Cc2cnn(C)c2C)cn1. The van der Waals surface area contributed by atoms with Crippen LogP contribution in [0.2, 0.25) is 0 Å². The predicted octanol–water partition coefficient (Wildman–Crippen LogP) is 0.766. The van der Waals surface area contributed by atoms with Crippen molar-refractivity contribution in [2.45, 2.75) is 31.8 Å². The molecule has 0 radical (unpaired) electrons. The second-order valence-corrected chi connectivity index (χ2v) is 6.72. The highest BCUT2D eigenvalue weighted by Crippen LogP contribution is 2.17. The van der Waals surface area contributed by atoms with E-state index in [1.807, 2.05) is 20.9 Å². The summed E-state index contributed by atoms with van der Waals surface area (Å²) in [5, 5.41) is 8.13. The summed E-state index contributed by atoms with van der Waals surface area (Å²) in [5.41, 5.74) is 1.85. The van der Waals surface area contributed by atoms with Gasteiger partial charge >= 0.3 is 0 Å². The molecule has 0 aliphatic carbocycles. The van der Waals surface area contributed by atoms with Crippen LogP contribution in [0.15, 0.2) is 23.5 Å². The van der Waals surface area contributed by atoms with Crippen molar-refractivity contribution in [3.05, 3.63) is 29.8 Å². The summed E-state index contributed by atoms with van der Waals surface area (Å²) in [5.74, 6) is 0. The first-order chi connectivity index (χ1) is 9.36. The quantitative estimate of drug-likeness (QED) is 0.817. The van der Waals surface area contributed by atoms with Gasteiger partial charge in [-0.25, -0.2) is 8.42 Å². The monoisotopic (exact) mass is 297 g/mol. The lowest BCUT2D eigenvalue weighted by atomic mass is 10.3. The van der Waals surface area contributed by atoms with E-state index >= 15 is 0 Å². The van der Waals surface area contributed by atoms with Crippen LogP contribution in [0.1, 0.15) is 18.2 Å². The number of hydrogen-bond donors (Lipinski definition) is 0. The highest BCUT2D eigenvalue weighted by Gasteiger charge is 2.23. The van der Waals surface area contributed by atoms with Gasteiger partial charge in [-0.2, -0.15) is 14.5 Å². The fourth-order valence-electron chi connectivity index (χ4n) is 1.85. The van der Waals surface area contributed by atoms with Gasteiger partial charge in [0.2, 0.25) is 10.0 Å². The Kier molecular flexibility index (Phi) is 3.96. The minimum Gasteiger partial charge on any atom is -0.273 e. The molecule has 2 heterocycles. The van der Waals surface area contributed by atoms with Crippen LogP contribution in [0.3, 0.4) is 0 Å². The zero-order chi connectivity index (χ0) is 14.9. The van der Waals surface area contributed by atoms with Gasteiger partial charge in [-0.1, -0.05) is 0 Å². The third-order valence-electron chi connectivity index (χ3n) is 3.37. The van der Waals surface area contributed by atoms with Gasteiger partial charge in [-0.3, -0.25) is 9.36 Å². The Balaban J connectivity index is 2.23. The molecule has 0 amide bonds. The Morgan fingerprint density at radius 2 is 2.00 bits per heavy atom. The highest BCUT2D eigenvalue weighted by molar-refractivity contribution is 7.89. The van der Waals surface area contributed by atoms with E-state index in [0.29, 0.717) is 13.1 Å². The zero-order valence-electron chi connectivity index (χ0n) is 12.1. The Hall–Kier alpha value is -1.67. The molecule has 0 aliphatic rings. The lowest BCUT2D eigenvalue weighted by molar-refractivity contribution is 0.465. The molecule has 2 aromatic heterocycles. The van der Waals surface area contributed by atoms with Gasteiger partial charge in [0.15, 0.2) is 0 Å². The summed E-state index contributed by atoms with van der Waals surface area (Å²) in [7, 11) is -0.128.